The molecule has 9 heteroatoms. The van der Waals surface area contributed by atoms with Gasteiger partial charge in [0.15, 0.2) is 0 Å². The predicted octanol–water partition coefficient (Wildman–Crippen LogP) is 16.8. The first kappa shape index (κ1) is 64.5. The summed E-state index contributed by atoms with van der Waals surface area (Å²) in [6, 6.07) is -0.864. The van der Waals surface area contributed by atoms with Crippen molar-refractivity contribution in [3.05, 3.63) is 48.6 Å². The third-order valence-corrected chi connectivity index (χ3v) is 13.5. The van der Waals surface area contributed by atoms with E-state index in [2.05, 4.69) is 55.6 Å². The van der Waals surface area contributed by atoms with Gasteiger partial charge < -0.3 is 19.8 Å². The highest BCUT2D eigenvalue weighted by Crippen LogP contribution is 2.43. The average molecular weight is 950 g/mol. The van der Waals surface area contributed by atoms with E-state index >= 15 is 0 Å². The zero-order valence-electron chi connectivity index (χ0n) is 44.2. The summed E-state index contributed by atoms with van der Waals surface area (Å²) >= 11 is 0. The molecule has 0 rings (SSSR count). The van der Waals surface area contributed by atoms with Crippen LogP contribution in [-0.2, 0) is 18.4 Å². The van der Waals surface area contributed by atoms with Gasteiger partial charge in [-0.05, 0) is 64.2 Å². The number of unbranched alkanes of at least 4 members (excludes halogenated alkanes) is 32. The maximum absolute atomic E-state index is 13.0. The van der Waals surface area contributed by atoms with E-state index in [1.807, 2.05) is 27.2 Å². The van der Waals surface area contributed by atoms with Crippen LogP contribution in [0.4, 0.5) is 0 Å². The highest BCUT2D eigenvalue weighted by Gasteiger charge is 2.27. The van der Waals surface area contributed by atoms with Crippen molar-refractivity contribution < 1.29 is 32.9 Å². The van der Waals surface area contributed by atoms with Gasteiger partial charge in [-0.15, -0.1) is 0 Å². The summed E-state index contributed by atoms with van der Waals surface area (Å²) in [7, 11) is 1.56. The number of likely N-dealkylation sites (N-methyl/N-ethyl adjacent to an activating group) is 1. The molecule has 3 atom stereocenters. The minimum Gasteiger partial charge on any atom is -0.387 e. The Labute approximate surface area is 409 Å². The Bertz CT molecular complexity index is 1210. The molecule has 0 bridgehead atoms. The van der Waals surface area contributed by atoms with Crippen LogP contribution >= 0.6 is 7.82 Å². The molecule has 0 aliphatic carbocycles. The monoisotopic (exact) mass is 950 g/mol. The number of rotatable bonds is 51. The molecule has 0 aromatic rings. The Morgan fingerprint density at radius 2 is 0.879 bits per heavy atom. The van der Waals surface area contributed by atoms with Crippen LogP contribution < -0.4 is 5.32 Å². The number of quaternary nitrogens is 1. The third-order valence-electron chi connectivity index (χ3n) is 12.5. The number of allylic oxidation sites excluding steroid dienone is 7. The molecule has 388 valence electrons. The van der Waals surface area contributed by atoms with Gasteiger partial charge in [0.05, 0.1) is 39.9 Å². The van der Waals surface area contributed by atoms with E-state index < -0.39 is 20.0 Å². The molecule has 8 nitrogen and oxygen atoms in total. The second-order valence-electron chi connectivity index (χ2n) is 20.3. The largest absolute Gasteiger partial charge is 0.472 e. The van der Waals surface area contributed by atoms with Gasteiger partial charge in [-0.2, -0.15) is 0 Å². The SMILES string of the molecule is CCCCCCC/C=C\C/C=C\CCCCCCCCCCCCCCCC(=O)NC(COP(=O)(O)OCC[N+](C)(C)C)C(O)/C=C/CC/C=C/CCCCCCCCCCCCCCC. The number of amides is 1. The van der Waals surface area contributed by atoms with Crippen molar-refractivity contribution in [3.63, 3.8) is 0 Å². The fourth-order valence-corrected chi connectivity index (χ4v) is 8.82. The van der Waals surface area contributed by atoms with E-state index in [9.17, 15) is 19.4 Å². The molecule has 66 heavy (non-hydrogen) atoms. The lowest BCUT2D eigenvalue weighted by molar-refractivity contribution is -0.870. The Balaban J connectivity index is 4.26. The molecule has 0 aromatic carbocycles. The number of hydrogen-bond acceptors (Lipinski definition) is 5. The molecular formula is C57H110N2O6P+. The summed E-state index contributed by atoms with van der Waals surface area (Å²) < 4.78 is 23.7. The topological polar surface area (TPSA) is 105 Å². The van der Waals surface area contributed by atoms with E-state index in [0.29, 0.717) is 17.4 Å². The molecule has 1 amide bonds. The number of carbonyl (C=O) groups excluding carboxylic acids is 1. The van der Waals surface area contributed by atoms with Crippen LogP contribution in [0.1, 0.15) is 258 Å². The van der Waals surface area contributed by atoms with Gasteiger partial charge in [-0.25, -0.2) is 4.57 Å². The molecule has 0 aromatic heterocycles. The first-order valence-electron chi connectivity index (χ1n) is 28.0. The number of phosphoric ester groups is 1. The van der Waals surface area contributed by atoms with Gasteiger partial charge in [-0.3, -0.25) is 13.8 Å². The van der Waals surface area contributed by atoms with Crippen molar-refractivity contribution in [3.8, 4) is 0 Å². The summed E-state index contributed by atoms with van der Waals surface area (Å²) in [6.45, 7) is 4.81. The van der Waals surface area contributed by atoms with Crippen molar-refractivity contribution in [2.24, 2.45) is 0 Å². The first-order chi connectivity index (χ1) is 32.0. The average Bonchev–Trinajstić information content (AvgIpc) is 3.28. The maximum Gasteiger partial charge on any atom is 0.472 e. The minimum atomic E-state index is -4.35. The van der Waals surface area contributed by atoms with Crippen molar-refractivity contribution in [1.29, 1.82) is 0 Å². The summed E-state index contributed by atoms with van der Waals surface area (Å²) in [4.78, 5) is 23.3. The van der Waals surface area contributed by atoms with E-state index in [1.165, 1.54) is 193 Å². The smallest absolute Gasteiger partial charge is 0.387 e. The standard InChI is InChI=1S/C57H109N2O6P/c1-6-8-10-12-14-16-18-20-22-24-26-27-28-29-30-31-33-35-37-39-41-43-45-47-49-51-57(61)58-55(54-65-66(62,63)64-53-52-59(3,4)5)56(60)50-48-46-44-42-40-38-36-34-32-25-23-21-19-17-15-13-11-9-7-2/h18,20,24,26,40,42,48,50,55-56,60H,6-17,19,21-23,25,27-39,41,43-47,49,51-54H2,1-5H3,(H-,58,61,62,63)/p+1/b20-18-,26-24-,42-40+,50-48+. The zero-order chi connectivity index (χ0) is 48.5. The molecule has 0 fully saturated rings. The molecule has 0 spiro atoms. The van der Waals surface area contributed by atoms with Crippen LogP contribution in [0.15, 0.2) is 48.6 Å². The molecule has 0 saturated heterocycles. The molecule has 0 saturated carbocycles. The van der Waals surface area contributed by atoms with Gasteiger partial charge in [-0.1, -0.05) is 236 Å². The van der Waals surface area contributed by atoms with E-state index in [1.54, 1.807) is 6.08 Å². The maximum atomic E-state index is 13.0. The Morgan fingerprint density at radius 3 is 1.30 bits per heavy atom. The number of nitrogens with zero attached hydrogens (tertiary/aromatic N) is 1. The van der Waals surface area contributed by atoms with Crippen LogP contribution in [0.25, 0.3) is 0 Å². The zero-order valence-corrected chi connectivity index (χ0v) is 45.1. The molecule has 0 radical (unpaired) electrons. The van der Waals surface area contributed by atoms with Gasteiger partial charge in [0, 0.05) is 6.42 Å². The van der Waals surface area contributed by atoms with Gasteiger partial charge in [0.1, 0.15) is 13.2 Å². The van der Waals surface area contributed by atoms with Crippen molar-refractivity contribution in [2.75, 3.05) is 40.9 Å². The van der Waals surface area contributed by atoms with E-state index in [4.69, 9.17) is 9.05 Å². The minimum absolute atomic E-state index is 0.0558. The van der Waals surface area contributed by atoms with Crippen LogP contribution in [-0.4, -0.2) is 73.4 Å². The fraction of sp³-hybridized carbons (Fsp3) is 0.842. The lowest BCUT2D eigenvalue weighted by Crippen LogP contribution is -2.45. The molecule has 3 unspecified atom stereocenters. The fourth-order valence-electron chi connectivity index (χ4n) is 8.09. The molecule has 0 aliphatic rings. The highest BCUT2D eigenvalue weighted by molar-refractivity contribution is 7.47. The Kier molecular flexibility index (Phi) is 47.4. The van der Waals surface area contributed by atoms with E-state index in [-0.39, 0.29) is 19.1 Å². The van der Waals surface area contributed by atoms with Crippen molar-refractivity contribution in [1.82, 2.24) is 5.32 Å². The lowest BCUT2D eigenvalue weighted by Gasteiger charge is -2.25. The summed E-state index contributed by atoms with van der Waals surface area (Å²) in [6.07, 6.45) is 63.5. The van der Waals surface area contributed by atoms with Crippen LogP contribution in [0, 0.1) is 0 Å². The first-order valence-corrected chi connectivity index (χ1v) is 29.5. The van der Waals surface area contributed by atoms with Crippen molar-refractivity contribution >= 4 is 13.7 Å². The van der Waals surface area contributed by atoms with E-state index in [0.717, 1.165) is 44.9 Å². The summed E-state index contributed by atoms with van der Waals surface area (Å²) in [5.74, 6) is -0.186. The predicted molar refractivity (Wildman–Crippen MR) is 286 cm³/mol. The van der Waals surface area contributed by atoms with Crippen molar-refractivity contribution in [2.45, 2.75) is 270 Å². The molecule has 0 heterocycles. The quantitative estimate of drug-likeness (QED) is 0.0243. The highest BCUT2D eigenvalue weighted by atomic mass is 31.2. The lowest BCUT2D eigenvalue weighted by atomic mass is 10.0. The summed E-state index contributed by atoms with van der Waals surface area (Å²) in [5.41, 5.74) is 0. The second-order valence-corrected chi connectivity index (χ2v) is 21.8. The number of aliphatic hydroxyl groups is 1. The van der Waals surface area contributed by atoms with Gasteiger partial charge >= 0.3 is 7.82 Å². The second kappa shape index (κ2) is 48.5. The number of phosphoric acid groups is 1. The Morgan fingerprint density at radius 1 is 0.515 bits per heavy atom. The summed E-state index contributed by atoms with van der Waals surface area (Å²) in [5, 5.41) is 13.9. The molecule has 3 N–H and O–H groups in total. The number of aliphatic hydroxyl groups excluding tert-OH is 1. The number of hydrogen-bond donors (Lipinski definition) is 3. The molecule has 0 aliphatic heterocycles. The molecular weight excluding hydrogens is 840 g/mol. The number of nitrogens with one attached hydrogen (secondary N) is 1. The normalized spacial score (nSPS) is 14.3. The number of carbonyl (C=O) groups is 1. The van der Waals surface area contributed by atoms with Crippen LogP contribution in [0.5, 0.6) is 0 Å². The van der Waals surface area contributed by atoms with Gasteiger partial charge in [0.25, 0.3) is 0 Å². The van der Waals surface area contributed by atoms with Crippen LogP contribution in [0.3, 0.4) is 0 Å². The van der Waals surface area contributed by atoms with Gasteiger partial charge in [0.2, 0.25) is 5.91 Å². The Hall–Kier alpha value is -1.54. The van der Waals surface area contributed by atoms with Crippen LogP contribution in [0.2, 0.25) is 0 Å². The third kappa shape index (κ3) is 50.3.